The van der Waals surface area contributed by atoms with Gasteiger partial charge in [-0.2, -0.15) is 0 Å². The maximum absolute atomic E-state index is 11.9. The molecule has 1 fully saturated rings. The Morgan fingerprint density at radius 3 is 2.47 bits per heavy atom. The SMILES string of the molecule is CC(CC(=O)NCC1CC1)(C(=O)O)c1ccccc1. The van der Waals surface area contributed by atoms with Crippen molar-refractivity contribution in [1.82, 2.24) is 5.32 Å². The summed E-state index contributed by atoms with van der Waals surface area (Å²) in [6.45, 7) is 2.27. The van der Waals surface area contributed by atoms with Crippen molar-refractivity contribution < 1.29 is 14.7 Å². The van der Waals surface area contributed by atoms with E-state index in [1.807, 2.05) is 6.07 Å². The Morgan fingerprint density at radius 1 is 1.32 bits per heavy atom. The number of benzene rings is 1. The van der Waals surface area contributed by atoms with Crippen LogP contribution in [0.3, 0.4) is 0 Å². The lowest BCUT2D eigenvalue weighted by Crippen LogP contribution is -2.39. The van der Waals surface area contributed by atoms with Crippen LogP contribution in [0.2, 0.25) is 0 Å². The predicted molar refractivity (Wildman–Crippen MR) is 71.8 cm³/mol. The van der Waals surface area contributed by atoms with E-state index < -0.39 is 11.4 Å². The fourth-order valence-corrected chi connectivity index (χ4v) is 2.07. The highest BCUT2D eigenvalue weighted by atomic mass is 16.4. The number of rotatable bonds is 6. The molecule has 1 unspecified atom stereocenters. The molecule has 1 amide bonds. The Balaban J connectivity index is 2.06. The number of hydrogen-bond acceptors (Lipinski definition) is 2. The van der Waals surface area contributed by atoms with Gasteiger partial charge in [-0.25, -0.2) is 0 Å². The van der Waals surface area contributed by atoms with Gasteiger partial charge in [-0.1, -0.05) is 30.3 Å². The second-order valence-electron chi connectivity index (χ2n) is 5.43. The third-order valence-electron chi connectivity index (χ3n) is 3.68. The zero-order chi connectivity index (χ0) is 13.9. The van der Waals surface area contributed by atoms with Gasteiger partial charge in [-0.15, -0.1) is 0 Å². The van der Waals surface area contributed by atoms with Crippen molar-refractivity contribution in [3.8, 4) is 0 Å². The van der Waals surface area contributed by atoms with Crippen LogP contribution in [0.5, 0.6) is 0 Å². The average Bonchev–Trinajstić information content (AvgIpc) is 3.21. The summed E-state index contributed by atoms with van der Waals surface area (Å²) in [4.78, 5) is 23.4. The third kappa shape index (κ3) is 3.34. The van der Waals surface area contributed by atoms with Gasteiger partial charge in [0.15, 0.2) is 0 Å². The van der Waals surface area contributed by atoms with Gasteiger partial charge in [-0.05, 0) is 31.2 Å². The maximum atomic E-state index is 11.9. The topological polar surface area (TPSA) is 66.4 Å². The molecular formula is C15H19NO3. The summed E-state index contributed by atoms with van der Waals surface area (Å²) in [5.41, 5.74) is -0.515. The van der Waals surface area contributed by atoms with Crippen molar-refractivity contribution in [3.05, 3.63) is 35.9 Å². The number of carbonyl (C=O) groups excluding carboxylic acids is 1. The standard InChI is InChI=1S/C15H19NO3/c1-15(14(18)19,12-5-3-2-4-6-12)9-13(17)16-10-11-7-8-11/h2-6,11H,7-10H2,1H3,(H,16,17)(H,18,19). The molecule has 1 aliphatic rings. The van der Waals surface area contributed by atoms with E-state index in [0.717, 1.165) is 12.8 Å². The van der Waals surface area contributed by atoms with Crippen LogP contribution < -0.4 is 5.32 Å². The van der Waals surface area contributed by atoms with Crippen molar-refractivity contribution in [2.24, 2.45) is 5.92 Å². The van der Waals surface area contributed by atoms with Crippen LogP contribution in [0.25, 0.3) is 0 Å². The number of carboxylic acids is 1. The van der Waals surface area contributed by atoms with Crippen molar-refractivity contribution in [2.75, 3.05) is 6.54 Å². The Hall–Kier alpha value is -1.84. The lowest BCUT2D eigenvalue weighted by Gasteiger charge is -2.24. The molecule has 2 rings (SSSR count). The lowest BCUT2D eigenvalue weighted by atomic mass is 9.79. The average molecular weight is 261 g/mol. The summed E-state index contributed by atoms with van der Waals surface area (Å²) in [6.07, 6.45) is 2.30. The molecule has 0 bridgehead atoms. The summed E-state index contributed by atoms with van der Waals surface area (Å²) in [6, 6.07) is 8.92. The number of carboxylic acid groups (broad SMARTS) is 1. The molecule has 4 nitrogen and oxygen atoms in total. The van der Waals surface area contributed by atoms with Crippen molar-refractivity contribution in [1.29, 1.82) is 0 Å². The monoisotopic (exact) mass is 261 g/mol. The summed E-state index contributed by atoms with van der Waals surface area (Å²) >= 11 is 0. The molecule has 4 heteroatoms. The summed E-state index contributed by atoms with van der Waals surface area (Å²) in [7, 11) is 0. The van der Waals surface area contributed by atoms with Crippen LogP contribution in [0, 0.1) is 5.92 Å². The Labute approximate surface area is 112 Å². The van der Waals surface area contributed by atoms with Gasteiger partial charge < -0.3 is 10.4 Å². The predicted octanol–water partition coefficient (Wildman–Crippen LogP) is 1.95. The molecule has 0 radical (unpaired) electrons. The normalized spacial score (nSPS) is 17.5. The fraction of sp³-hybridized carbons (Fsp3) is 0.467. The maximum Gasteiger partial charge on any atom is 0.314 e. The minimum Gasteiger partial charge on any atom is -0.481 e. The van der Waals surface area contributed by atoms with E-state index in [9.17, 15) is 14.7 Å². The highest BCUT2D eigenvalue weighted by Gasteiger charge is 2.37. The molecule has 1 aromatic rings. The molecule has 0 aromatic heterocycles. The Kier molecular flexibility index (Phi) is 3.88. The number of amides is 1. The number of aliphatic carboxylic acids is 1. The molecule has 0 heterocycles. The second kappa shape index (κ2) is 5.43. The minimum absolute atomic E-state index is 0.0287. The summed E-state index contributed by atoms with van der Waals surface area (Å²) in [5, 5.41) is 12.3. The van der Waals surface area contributed by atoms with Gasteiger partial charge in [0.1, 0.15) is 0 Å². The van der Waals surface area contributed by atoms with E-state index >= 15 is 0 Å². The van der Waals surface area contributed by atoms with E-state index in [1.165, 1.54) is 0 Å². The lowest BCUT2D eigenvalue weighted by molar-refractivity contribution is -0.145. The quantitative estimate of drug-likeness (QED) is 0.822. The highest BCUT2D eigenvalue weighted by Crippen LogP contribution is 2.29. The zero-order valence-electron chi connectivity index (χ0n) is 11.1. The first kappa shape index (κ1) is 13.6. The number of nitrogens with one attached hydrogen (secondary N) is 1. The summed E-state index contributed by atoms with van der Waals surface area (Å²) < 4.78 is 0. The highest BCUT2D eigenvalue weighted by molar-refractivity contribution is 5.89. The first-order chi connectivity index (χ1) is 9.02. The molecule has 0 saturated heterocycles. The van der Waals surface area contributed by atoms with E-state index in [4.69, 9.17) is 0 Å². The molecule has 0 aliphatic heterocycles. The first-order valence-corrected chi connectivity index (χ1v) is 6.58. The molecular weight excluding hydrogens is 242 g/mol. The molecule has 1 aromatic carbocycles. The van der Waals surface area contributed by atoms with Crippen LogP contribution in [-0.4, -0.2) is 23.5 Å². The van der Waals surface area contributed by atoms with E-state index in [2.05, 4.69) is 5.32 Å². The molecule has 2 N–H and O–H groups in total. The van der Waals surface area contributed by atoms with E-state index in [-0.39, 0.29) is 12.3 Å². The van der Waals surface area contributed by atoms with Crippen LogP contribution in [0.4, 0.5) is 0 Å². The van der Waals surface area contributed by atoms with Crippen LogP contribution >= 0.6 is 0 Å². The van der Waals surface area contributed by atoms with Crippen molar-refractivity contribution in [3.63, 3.8) is 0 Å². The molecule has 1 aliphatic carbocycles. The zero-order valence-corrected chi connectivity index (χ0v) is 11.1. The smallest absolute Gasteiger partial charge is 0.314 e. The second-order valence-corrected chi connectivity index (χ2v) is 5.43. The van der Waals surface area contributed by atoms with Gasteiger partial charge in [0, 0.05) is 13.0 Å². The number of hydrogen-bond donors (Lipinski definition) is 2. The number of carbonyl (C=O) groups is 2. The van der Waals surface area contributed by atoms with E-state index in [0.29, 0.717) is 18.0 Å². The largest absolute Gasteiger partial charge is 0.481 e. The van der Waals surface area contributed by atoms with Crippen LogP contribution in [0.15, 0.2) is 30.3 Å². The Morgan fingerprint density at radius 2 is 1.95 bits per heavy atom. The minimum atomic E-state index is -1.17. The van der Waals surface area contributed by atoms with Crippen molar-refractivity contribution >= 4 is 11.9 Å². The third-order valence-corrected chi connectivity index (χ3v) is 3.68. The van der Waals surface area contributed by atoms with Gasteiger partial charge in [0.25, 0.3) is 0 Å². The van der Waals surface area contributed by atoms with Gasteiger partial charge in [-0.3, -0.25) is 9.59 Å². The van der Waals surface area contributed by atoms with Gasteiger partial charge >= 0.3 is 5.97 Å². The van der Waals surface area contributed by atoms with Gasteiger partial charge in [0.2, 0.25) is 5.91 Å². The molecule has 0 spiro atoms. The van der Waals surface area contributed by atoms with Crippen molar-refractivity contribution in [2.45, 2.75) is 31.6 Å². The van der Waals surface area contributed by atoms with Crippen LogP contribution in [-0.2, 0) is 15.0 Å². The van der Waals surface area contributed by atoms with E-state index in [1.54, 1.807) is 31.2 Å². The first-order valence-electron chi connectivity index (χ1n) is 6.58. The molecule has 1 atom stereocenters. The van der Waals surface area contributed by atoms with Crippen LogP contribution in [0.1, 0.15) is 31.7 Å². The molecule has 1 saturated carbocycles. The Bertz CT molecular complexity index is 468. The molecule has 102 valence electrons. The summed E-state index contributed by atoms with van der Waals surface area (Å²) in [5.74, 6) is -0.572. The fourth-order valence-electron chi connectivity index (χ4n) is 2.07. The van der Waals surface area contributed by atoms with Gasteiger partial charge in [0.05, 0.1) is 5.41 Å². The molecule has 19 heavy (non-hydrogen) atoms.